The number of aromatic amines is 1. The highest BCUT2D eigenvalue weighted by atomic mass is 16.5. The zero-order valence-electron chi connectivity index (χ0n) is 10.8. The van der Waals surface area contributed by atoms with Crippen molar-refractivity contribution in [1.82, 2.24) is 20.1 Å². The molecule has 0 aliphatic heterocycles. The van der Waals surface area contributed by atoms with E-state index in [0.29, 0.717) is 17.2 Å². The third-order valence-corrected chi connectivity index (χ3v) is 2.97. The van der Waals surface area contributed by atoms with Crippen molar-refractivity contribution >= 4 is 5.78 Å². The lowest BCUT2D eigenvalue weighted by molar-refractivity contribution is 0.0951. The molecule has 2 aromatic heterocycles. The Morgan fingerprint density at radius 2 is 2.10 bits per heavy atom. The number of carbonyl (C=O) groups excluding carboxylic acids is 1. The summed E-state index contributed by atoms with van der Waals surface area (Å²) >= 11 is 0. The number of imidazole rings is 1. The van der Waals surface area contributed by atoms with Crippen molar-refractivity contribution in [2.45, 2.75) is 12.8 Å². The molecule has 1 N–H and O–H groups in total. The maximum absolute atomic E-state index is 12.3. The summed E-state index contributed by atoms with van der Waals surface area (Å²) in [5, 5.41) is 3.82. The van der Waals surface area contributed by atoms with E-state index in [9.17, 15) is 4.79 Å². The summed E-state index contributed by atoms with van der Waals surface area (Å²) in [7, 11) is 0. The number of hydrogen-bond acceptors (Lipinski definition) is 5. The van der Waals surface area contributed by atoms with Crippen molar-refractivity contribution in [1.29, 1.82) is 0 Å². The van der Waals surface area contributed by atoms with E-state index in [2.05, 4.69) is 20.1 Å². The van der Waals surface area contributed by atoms with E-state index in [1.165, 1.54) is 0 Å². The maximum Gasteiger partial charge on any atom is 0.238 e. The van der Waals surface area contributed by atoms with Crippen molar-refractivity contribution in [2.24, 2.45) is 0 Å². The molecule has 0 saturated heterocycles. The fourth-order valence-electron chi connectivity index (χ4n) is 1.86. The molecule has 0 aliphatic carbocycles. The molecule has 0 fully saturated rings. The Hall–Kier alpha value is -2.76. The van der Waals surface area contributed by atoms with Gasteiger partial charge in [0.25, 0.3) is 0 Å². The van der Waals surface area contributed by atoms with Gasteiger partial charge in [-0.1, -0.05) is 35.5 Å². The summed E-state index contributed by atoms with van der Waals surface area (Å²) < 4.78 is 5.15. The van der Waals surface area contributed by atoms with Gasteiger partial charge < -0.3 is 9.51 Å². The van der Waals surface area contributed by atoms with Crippen LogP contribution in [0.15, 0.2) is 47.2 Å². The number of nitrogens with zero attached hydrogens (tertiary/aromatic N) is 3. The van der Waals surface area contributed by atoms with Crippen LogP contribution in [0.25, 0.3) is 11.6 Å². The molecule has 1 aromatic carbocycles. The summed E-state index contributed by atoms with van der Waals surface area (Å²) in [6.45, 7) is 1.74. The average Bonchev–Trinajstić information content (AvgIpc) is 3.17. The van der Waals surface area contributed by atoms with Crippen molar-refractivity contribution in [3.8, 4) is 11.6 Å². The summed E-state index contributed by atoms with van der Waals surface area (Å²) in [5.74, 6) is 0.594. The zero-order valence-corrected chi connectivity index (χ0v) is 10.8. The third-order valence-electron chi connectivity index (χ3n) is 2.97. The van der Waals surface area contributed by atoms with Gasteiger partial charge in [0.15, 0.2) is 11.6 Å². The molecule has 6 nitrogen and oxygen atoms in total. The van der Waals surface area contributed by atoms with Gasteiger partial charge in [-0.2, -0.15) is 4.98 Å². The second-order valence-corrected chi connectivity index (χ2v) is 4.35. The lowest BCUT2D eigenvalue weighted by atomic mass is 9.99. The molecule has 3 rings (SSSR count). The van der Waals surface area contributed by atoms with Crippen molar-refractivity contribution in [2.75, 3.05) is 0 Å². The number of hydrogen-bond donors (Lipinski definition) is 1. The first kappa shape index (κ1) is 12.3. The van der Waals surface area contributed by atoms with Crippen molar-refractivity contribution in [3.63, 3.8) is 0 Å². The van der Waals surface area contributed by atoms with E-state index in [1.54, 1.807) is 31.5 Å². The normalized spacial score (nSPS) is 12.2. The lowest BCUT2D eigenvalue weighted by Crippen LogP contribution is -2.09. The lowest BCUT2D eigenvalue weighted by Gasteiger charge is -2.04. The highest BCUT2D eigenvalue weighted by molar-refractivity contribution is 6.00. The minimum Gasteiger partial charge on any atom is -0.342 e. The van der Waals surface area contributed by atoms with E-state index in [-0.39, 0.29) is 11.7 Å². The predicted octanol–water partition coefficient (Wildman–Crippen LogP) is 2.45. The van der Waals surface area contributed by atoms with Gasteiger partial charge in [-0.05, 0) is 6.92 Å². The van der Waals surface area contributed by atoms with Gasteiger partial charge in [0.1, 0.15) is 0 Å². The Kier molecular flexibility index (Phi) is 3.12. The Bertz CT molecular complexity index is 704. The minimum absolute atomic E-state index is 0.0553. The summed E-state index contributed by atoms with van der Waals surface area (Å²) in [5.41, 5.74) is 0.623. The minimum atomic E-state index is -0.492. The number of H-pyrrole nitrogens is 1. The molecule has 0 bridgehead atoms. The van der Waals surface area contributed by atoms with Crippen LogP contribution >= 0.6 is 0 Å². The fraction of sp³-hybridized carbons (Fsp3) is 0.143. The predicted molar refractivity (Wildman–Crippen MR) is 71.1 cm³/mol. The molecule has 6 heteroatoms. The average molecular weight is 268 g/mol. The highest BCUT2D eigenvalue weighted by Gasteiger charge is 2.23. The van der Waals surface area contributed by atoms with Crippen LogP contribution in [0.5, 0.6) is 0 Å². The Morgan fingerprint density at radius 3 is 2.80 bits per heavy atom. The topological polar surface area (TPSA) is 84.7 Å². The first-order valence-electron chi connectivity index (χ1n) is 6.18. The van der Waals surface area contributed by atoms with Crippen LogP contribution < -0.4 is 0 Å². The van der Waals surface area contributed by atoms with Gasteiger partial charge in [-0.3, -0.25) is 4.79 Å². The van der Waals surface area contributed by atoms with Gasteiger partial charge in [0, 0.05) is 18.0 Å². The van der Waals surface area contributed by atoms with Gasteiger partial charge in [0.05, 0.1) is 5.92 Å². The zero-order chi connectivity index (χ0) is 13.9. The Morgan fingerprint density at radius 1 is 1.30 bits per heavy atom. The molecule has 0 radical (unpaired) electrons. The second-order valence-electron chi connectivity index (χ2n) is 4.35. The number of rotatable bonds is 4. The van der Waals surface area contributed by atoms with E-state index in [0.717, 1.165) is 0 Å². The molecule has 1 atom stereocenters. The van der Waals surface area contributed by atoms with Gasteiger partial charge in [-0.15, -0.1) is 0 Å². The van der Waals surface area contributed by atoms with Crippen molar-refractivity contribution < 1.29 is 9.32 Å². The van der Waals surface area contributed by atoms with Crippen LogP contribution in [-0.4, -0.2) is 25.9 Å². The van der Waals surface area contributed by atoms with Crippen molar-refractivity contribution in [3.05, 3.63) is 54.2 Å². The molecule has 0 amide bonds. The number of aromatic nitrogens is 4. The van der Waals surface area contributed by atoms with E-state index < -0.39 is 5.92 Å². The first-order valence-corrected chi connectivity index (χ1v) is 6.18. The highest BCUT2D eigenvalue weighted by Crippen LogP contribution is 2.21. The quantitative estimate of drug-likeness (QED) is 0.734. The molecule has 0 spiro atoms. The Labute approximate surface area is 114 Å². The largest absolute Gasteiger partial charge is 0.342 e. The maximum atomic E-state index is 12.3. The van der Waals surface area contributed by atoms with Crippen LogP contribution in [0.2, 0.25) is 0 Å². The van der Waals surface area contributed by atoms with E-state index in [1.807, 2.05) is 18.2 Å². The number of carbonyl (C=O) groups is 1. The van der Waals surface area contributed by atoms with E-state index in [4.69, 9.17) is 4.52 Å². The monoisotopic (exact) mass is 268 g/mol. The van der Waals surface area contributed by atoms with E-state index >= 15 is 0 Å². The standard InChI is InChI=1S/C14H12N4O2/c1-9(11(19)10-5-3-2-4-6-10)14-17-13(18-20-14)12-15-7-8-16-12/h2-9H,1H3,(H,15,16). The number of benzene rings is 1. The van der Waals surface area contributed by atoms with Crippen LogP contribution in [0.3, 0.4) is 0 Å². The first-order chi connectivity index (χ1) is 9.75. The Balaban J connectivity index is 1.84. The summed E-state index contributed by atoms with van der Waals surface area (Å²) in [4.78, 5) is 23.4. The van der Waals surface area contributed by atoms with Gasteiger partial charge >= 0.3 is 0 Å². The second kappa shape index (κ2) is 5.08. The van der Waals surface area contributed by atoms with Crippen LogP contribution in [0.4, 0.5) is 0 Å². The SMILES string of the molecule is CC(C(=O)c1ccccc1)c1nc(-c2ncc[nH]2)no1. The van der Waals surface area contributed by atoms with Gasteiger partial charge in [0.2, 0.25) is 11.7 Å². The van der Waals surface area contributed by atoms with Gasteiger partial charge in [-0.25, -0.2) is 4.98 Å². The molecular weight excluding hydrogens is 256 g/mol. The molecular formula is C14H12N4O2. The molecule has 3 aromatic rings. The summed E-state index contributed by atoms with van der Waals surface area (Å²) in [6.07, 6.45) is 3.27. The summed E-state index contributed by atoms with van der Waals surface area (Å²) in [6, 6.07) is 9.04. The molecule has 1 unspecified atom stereocenters. The number of nitrogens with one attached hydrogen (secondary N) is 1. The molecule has 2 heterocycles. The third kappa shape index (κ3) is 2.23. The smallest absolute Gasteiger partial charge is 0.238 e. The fourth-order valence-corrected chi connectivity index (χ4v) is 1.86. The van der Waals surface area contributed by atoms with Crippen LogP contribution in [0, 0.1) is 0 Å². The number of ketones is 1. The number of Topliss-reactive ketones (excluding diaryl/α,β-unsaturated/α-hetero) is 1. The molecule has 20 heavy (non-hydrogen) atoms. The molecule has 0 saturated carbocycles. The molecule has 0 aliphatic rings. The van der Waals surface area contributed by atoms with Crippen LogP contribution in [-0.2, 0) is 0 Å². The molecule has 100 valence electrons. The van der Waals surface area contributed by atoms with Crippen LogP contribution in [0.1, 0.15) is 29.1 Å².